The summed E-state index contributed by atoms with van der Waals surface area (Å²) in [6.07, 6.45) is 0.827. The Bertz CT molecular complexity index is 460. The summed E-state index contributed by atoms with van der Waals surface area (Å²) in [4.78, 5) is 11.9. The highest BCUT2D eigenvalue weighted by Gasteiger charge is 2.27. The largest absolute Gasteiger partial charge is 0.506 e. The summed E-state index contributed by atoms with van der Waals surface area (Å²) < 4.78 is 0. The molecule has 3 N–H and O–H groups in total. The molecule has 19 heavy (non-hydrogen) atoms. The second kappa shape index (κ2) is 6.26. The van der Waals surface area contributed by atoms with Gasteiger partial charge in [0.15, 0.2) is 0 Å². The summed E-state index contributed by atoms with van der Waals surface area (Å²) in [5.74, 6) is -0.313. The van der Waals surface area contributed by atoms with Crippen LogP contribution >= 0.6 is 11.6 Å². The summed E-state index contributed by atoms with van der Waals surface area (Å²) >= 11 is 5.74. The van der Waals surface area contributed by atoms with Crippen LogP contribution in [0.1, 0.15) is 37.6 Å². The number of carbonyl (C=O) groups excluding carboxylic acids is 1. The van der Waals surface area contributed by atoms with Crippen LogP contribution in [0.15, 0.2) is 18.2 Å². The van der Waals surface area contributed by atoms with E-state index in [-0.39, 0.29) is 29.1 Å². The van der Waals surface area contributed by atoms with Crippen LogP contribution in [0.5, 0.6) is 5.75 Å². The molecule has 1 amide bonds. The van der Waals surface area contributed by atoms with Crippen LogP contribution in [-0.2, 0) is 0 Å². The highest BCUT2D eigenvalue weighted by molar-refractivity contribution is 6.32. The zero-order valence-corrected chi connectivity index (χ0v) is 12.2. The van der Waals surface area contributed by atoms with Crippen molar-refractivity contribution in [3.8, 4) is 5.75 Å². The van der Waals surface area contributed by atoms with E-state index < -0.39 is 5.60 Å². The summed E-state index contributed by atoms with van der Waals surface area (Å²) in [5.41, 5.74) is -0.603. The normalized spacial score (nSPS) is 15.6. The van der Waals surface area contributed by atoms with Crippen molar-refractivity contribution in [2.45, 2.75) is 32.8 Å². The Hall–Kier alpha value is -1.26. The van der Waals surface area contributed by atoms with Crippen LogP contribution in [0.2, 0.25) is 5.02 Å². The van der Waals surface area contributed by atoms with Crippen molar-refractivity contribution in [2.24, 2.45) is 5.92 Å². The van der Waals surface area contributed by atoms with E-state index in [9.17, 15) is 15.0 Å². The molecule has 4 nitrogen and oxygen atoms in total. The molecule has 0 bridgehead atoms. The first-order chi connectivity index (χ1) is 8.77. The summed E-state index contributed by atoms with van der Waals surface area (Å²) in [7, 11) is 0. The van der Waals surface area contributed by atoms with Crippen molar-refractivity contribution in [3.63, 3.8) is 0 Å². The predicted molar refractivity (Wildman–Crippen MR) is 75.5 cm³/mol. The van der Waals surface area contributed by atoms with Crippen molar-refractivity contribution in [2.75, 3.05) is 6.54 Å². The fourth-order valence-electron chi connectivity index (χ4n) is 1.62. The molecular weight excluding hydrogens is 266 g/mol. The van der Waals surface area contributed by atoms with E-state index in [0.29, 0.717) is 5.56 Å². The zero-order valence-electron chi connectivity index (χ0n) is 11.4. The van der Waals surface area contributed by atoms with Crippen LogP contribution in [0.4, 0.5) is 0 Å². The third-order valence-electron chi connectivity index (χ3n) is 3.49. The molecule has 0 saturated carbocycles. The van der Waals surface area contributed by atoms with Gasteiger partial charge in [-0.2, -0.15) is 0 Å². The Labute approximate surface area is 118 Å². The molecule has 0 saturated heterocycles. The Kier molecular flexibility index (Phi) is 5.20. The molecule has 0 aliphatic heterocycles. The molecule has 0 spiro atoms. The number of aliphatic hydroxyl groups is 1. The summed E-state index contributed by atoms with van der Waals surface area (Å²) in [6.45, 7) is 5.79. The molecule has 1 rings (SSSR count). The molecule has 0 heterocycles. The lowest BCUT2D eigenvalue weighted by atomic mass is 9.88. The lowest BCUT2D eigenvalue weighted by molar-refractivity contribution is 0.00592. The second-order valence-electron chi connectivity index (χ2n) is 5.02. The minimum absolute atomic E-state index is 0.0650. The van der Waals surface area contributed by atoms with E-state index >= 15 is 0 Å². The molecule has 0 aliphatic rings. The Balaban J connectivity index is 2.68. The molecule has 2 unspecified atom stereocenters. The van der Waals surface area contributed by atoms with E-state index in [1.807, 2.05) is 13.8 Å². The summed E-state index contributed by atoms with van der Waals surface area (Å²) in [5, 5.41) is 22.3. The zero-order chi connectivity index (χ0) is 14.6. The topological polar surface area (TPSA) is 69.6 Å². The molecular formula is C14H20ClNO3. The fraction of sp³-hybridized carbons (Fsp3) is 0.500. The number of hydrogen-bond donors (Lipinski definition) is 3. The third-order valence-corrected chi connectivity index (χ3v) is 3.79. The Morgan fingerprint density at radius 2 is 2.16 bits per heavy atom. The second-order valence-corrected chi connectivity index (χ2v) is 5.42. The Morgan fingerprint density at radius 3 is 2.68 bits per heavy atom. The highest BCUT2D eigenvalue weighted by Crippen LogP contribution is 2.24. The molecule has 1 aromatic carbocycles. The number of amides is 1. The number of halogens is 1. The summed E-state index contributed by atoms with van der Waals surface area (Å²) in [6, 6.07) is 4.24. The van der Waals surface area contributed by atoms with Crippen LogP contribution in [0, 0.1) is 5.92 Å². The number of rotatable bonds is 5. The molecule has 0 radical (unpaired) electrons. The van der Waals surface area contributed by atoms with Gasteiger partial charge in [-0.15, -0.1) is 0 Å². The molecule has 0 aliphatic carbocycles. The maximum Gasteiger partial charge on any atom is 0.251 e. The van der Waals surface area contributed by atoms with E-state index in [1.165, 1.54) is 18.2 Å². The van der Waals surface area contributed by atoms with Gasteiger partial charge in [0.2, 0.25) is 0 Å². The maximum absolute atomic E-state index is 11.9. The lowest BCUT2D eigenvalue weighted by Crippen LogP contribution is -2.45. The van der Waals surface area contributed by atoms with Gasteiger partial charge in [-0.1, -0.05) is 31.9 Å². The first-order valence-electron chi connectivity index (χ1n) is 6.27. The van der Waals surface area contributed by atoms with Gasteiger partial charge in [-0.3, -0.25) is 4.79 Å². The van der Waals surface area contributed by atoms with Gasteiger partial charge in [-0.25, -0.2) is 0 Å². The van der Waals surface area contributed by atoms with Gasteiger partial charge in [0.1, 0.15) is 5.75 Å². The van der Waals surface area contributed by atoms with Crippen molar-refractivity contribution >= 4 is 17.5 Å². The van der Waals surface area contributed by atoms with Crippen molar-refractivity contribution in [1.82, 2.24) is 5.32 Å². The molecule has 0 fully saturated rings. The number of hydrogen-bond acceptors (Lipinski definition) is 3. The van der Waals surface area contributed by atoms with Crippen LogP contribution in [0.3, 0.4) is 0 Å². The van der Waals surface area contributed by atoms with E-state index in [4.69, 9.17) is 11.6 Å². The quantitative estimate of drug-likeness (QED) is 0.779. The van der Waals surface area contributed by atoms with Crippen LogP contribution in [-0.4, -0.2) is 28.3 Å². The van der Waals surface area contributed by atoms with Gasteiger partial charge < -0.3 is 15.5 Å². The fourth-order valence-corrected chi connectivity index (χ4v) is 1.80. The van der Waals surface area contributed by atoms with Crippen LogP contribution < -0.4 is 5.32 Å². The first-order valence-corrected chi connectivity index (χ1v) is 6.64. The lowest BCUT2D eigenvalue weighted by Gasteiger charge is -2.29. The molecule has 0 aromatic heterocycles. The maximum atomic E-state index is 11.9. The minimum Gasteiger partial charge on any atom is -0.506 e. The van der Waals surface area contributed by atoms with Crippen molar-refractivity contribution < 1.29 is 15.0 Å². The highest BCUT2D eigenvalue weighted by atomic mass is 35.5. The number of benzene rings is 1. The van der Waals surface area contributed by atoms with Gasteiger partial charge >= 0.3 is 0 Å². The average molecular weight is 286 g/mol. The van der Waals surface area contributed by atoms with Gasteiger partial charge in [0.25, 0.3) is 5.91 Å². The standard InChI is InChI=1S/C14H20ClNO3/c1-4-9(2)14(3,19)8-16-13(18)10-5-6-12(17)11(15)7-10/h5-7,9,17,19H,4,8H2,1-3H3,(H,16,18). The molecule has 106 valence electrons. The predicted octanol–water partition coefficient (Wildman–Crippen LogP) is 2.57. The third kappa shape index (κ3) is 4.11. The number of carbonyl (C=O) groups is 1. The number of aromatic hydroxyl groups is 1. The number of phenolic OH excluding ortho intramolecular Hbond substituents is 1. The monoisotopic (exact) mass is 285 g/mol. The molecule has 2 atom stereocenters. The minimum atomic E-state index is -0.953. The smallest absolute Gasteiger partial charge is 0.251 e. The van der Waals surface area contributed by atoms with Crippen molar-refractivity contribution in [3.05, 3.63) is 28.8 Å². The number of phenols is 1. The molecule has 5 heteroatoms. The number of nitrogens with one attached hydrogen (secondary N) is 1. The van der Waals surface area contributed by atoms with E-state index in [0.717, 1.165) is 6.42 Å². The van der Waals surface area contributed by atoms with Gasteiger partial charge in [0, 0.05) is 12.1 Å². The first kappa shape index (κ1) is 15.8. The van der Waals surface area contributed by atoms with Crippen molar-refractivity contribution in [1.29, 1.82) is 0 Å². The Morgan fingerprint density at radius 1 is 1.53 bits per heavy atom. The van der Waals surface area contributed by atoms with E-state index in [2.05, 4.69) is 5.32 Å². The van der Waals surface area contributed by atoms with Gasteiger partial charge in [0.05, 0.1) is 10.6 Å². The molecule has 1 aromatic rings. The SMILES string of the molecule is CCC(C)C(C)(O)CNC(=O)c1ccc(O)c(Cl)c1. The average Bonchev–Trinajstić information content (AvgIpc) is 2.38. The van der Waals surface area contributed by atoms with Gasteiger partial charge in [-0.05, 0) is 31.0 Å². The van der Waals surface area contributed by atoms with Crippen LogP contribution in [0.25, 0.3) is 0 Å². The van der Waals surface area contributed by atoms with E-state index in [1.54, 1.807) is 6.92 Å².